The molecule has 9 nitrogen and oxygen atoms in total. The number of hydrogen-bond donors (Lipinski definition) is 1. The van der Waals surface area contributed by atoms with Gasteiger partial charge in [-0.05, 0) is 30.7 Å². The second-order valence-corrected chi connectivity index (χ2v) is 8.92. The van der Waals surface area contributed by atoms with Gasteiger partial charge in [0.15, 0.2) is 9.84 Å². The molecule has 1 saturated carbocycles. The van der Waals surface area contributed by atoms with E-state index in [1.54, 1.807) is 0 Å². The Morgan fingerprint density at radius 2 is 1.88 bits per heavy atom. The molecule has 1 aliphatic heterocycles. The lowest BCUT2D eigenvalue weighted by atomic mass is 9.92. The Hall–Kier alpha value is -2.49. The summed E-state index contributed by atoms with van der Waals surface area (Å²) in [6.07, 6.45) is 2.77. The minimum absolute atomic E-state index is 0.0201. The lowest BCUT2D eigenvalue weighted by Crippen LogP contribution is -2.30. The molecule has 140 valence electrons. The number of amides is 1. The summed E-state index contributed by atoms with van der Waals surface area (Å²) in [6, 6.07) is 3.03. The van der Waals surface area contributed by atoms with Gasteiger partial charge in [-0.25, -0.2) is 8.42 Å². The highest BCUT2D eigenvalue weighted by Gasteiger charge is 2.47. The minimum atomic E-state index is -3.75. The van der Waals surface area contributed by atoms with Crippen molar-refractivity contribution in [2.45, 2.75) is 17.7 Å². The number of likely N-dealkylation sites (tertiary alicyclic amines) is 1. The van der Waals surface area contributed by atoms with E-state index in [1.165, 1.54) is 4.90 Å². The highest BCUT2D eigenvalue weighted by Crippen LogP contribution is 2.44. The van der Waals surface area contributed by atoms with Crippen LogP contribution in [-0.2, 0) is 14.6 Å². The van der Waals surface area contributed by atoms with Crippen LogP contribution in [0.1, 0.15) is 23.2 Å². The second-order valence-electron chi connectivity index (χ2n) is 6.90. The van der Waals surface area contributed by atoms with Crippen molar-refractivity contribution < 1.29 is 28.0 Å². The Labute approximate surface area is 149 Å². The fourth-order valence-electron chi connectivity index (χ4n) is 3.47. The lowest BCUT2D eigenvalue weighted by molar-refractivity contribution is -0.385. The molecule has 0 radical (unpaired) electrons. The highest BCUT2D eigenvalue weighted by molar-refractivity contribution is 7.90. The number of carboxylic acids is 1. The standard InChI is InChI=1S/C16H18N2O7S/c1-26(24,25)12-5-10(4-11(6-12)18(22)23)15(19)17-7-13(9-2-3-9)14(8-17)16(20)21/h4-6,9,13-14H,2-3,7-8H2,1H3,(H,20,21)/t13-,14+/m1/s1. The summed E-state index contributed by atoms with van der Waals surface area (Å²) in [5.74, 6) is -2.07. The average molecular weight is 382 g/mol. The van der Waals surface area contributed by atoms with Crippen molar-refractivity contribution in [1.82, 2.24) is 4.90 Å². The maximum atomic E-state index is 12.8. The zero-order valence-corrected chi connectivity index (χ0v) is 14.8. The van der Waals surface area contributed by atoms with E-state index in [0.717, 1.165) is 37.3 Å². The molecule has 1 saturated heterocycles. The fourth-order valence-corrected chi connectivity index (χ4v) is 4.14. The molecule has 2 atom stereocenters. The molecule has 0 spiro atoms. The molecule has 2 aliphatic rings. The molecule has 0 bridgehead atoms. The van der Waals surface area contributed by atoms with E-state index in [4.69, 9.17) is 0 Å². The number of carboxylic acid groups (broad SMARTS) is 1. The summed E-state index contributed by atoms with van der Waals surface area (Å²) in [5.41, 5.74) is -0.621. The van der Waals surface area contributed by atoms with E-state index in [0.29, 0.717) is 0 Å². The van der Waals surface area contributed by atoms with Gasteiger partial charge < -0.3 is 10.0 Å². The molecule has 10 heteroatoms. The first-order valence-electron chi connectivity index (χ1n) is 8.09. The maximum Gasteiger partial charge on any atom is 0.308 e. The zero-order valence-electron chi connectivity index (χ0n) is 14.0. The van der Waals surface area contributed by atoms with Crippen LogP contribution in [0.5, 0.6) is 0 Å². The zero-order chi connectivity index (χ0) is 19.2. The number of aliphatic carboxylic acids is 1. The first-order valence-corrected chi connectivity index (χ1v) is 9.98. The quantitative estimate of drug-likeness (QED) is 0.597. The van der Waals surface area contributed by atoms with Gasteiger partial charge in [0, 0.05) is 37.0 Å². The number of hydrogen-bond acceptors (Lipinski definition) is 6. The maximum absolute atomic E-state index is 12.8. The van der Waals surface area contributed by atoms with E-state index in [9.17, 15) is 33.2 Å². The minimum Gasteiger partial charge on any atom is -0.481 e. The van der Waals surface area contributed by atoms with Gasteiger partial charge in [0.2, 0.25) is 0 Å². The normalized spacial score (nSPS) is 23.0. The number of nitro benzene ring substituents is 1. The van der Waals surface area contributed by atoms with Crippen molar-refractivity contribution >= 4 is 27.4 Å². The van der Waals surface area contributed by atoms with Gasteiger partial charge in [-0.2, -0.15) is 0 Å². The van der Waals surface area contributed by atoms with Crippen molar-refractivity contribution in [3.8, 4) is 0 Å². The van der Waals surface area contributed by atoms with Crippen LogP contribution in [0.3, 0.4) is 0 Å². The molecule has 3 rings (SSSR count). The Morgan fingerprint density at radius 3 is 2.38 bits per heavy atom. The van der Waals surface area contributed by atoms with Gasteiger partial charge in [-0.1, -0.05) is 0 Å². The molecule has 0 unspecified atom stereocenters. The number of nitrogens with zero attached hydrogens (tertiary/aromatic N) is 2. The number of rotatable bonds is 5. The van der Waals surface area contributed by atoms with Crippen LogP contribution in [0.2, 0.25) is 0 Å². The molecule has 1 aromatic carbocycles. The van der Waals surface area contributed by atoms with Gasteiger partial charge in [0.05, 0.1) is 15.7 Å². The van der Waals surface area contributed by atoms with E-state index >= 15 is 0 Å². The van der Waals surface area contributed by atoms with Crippen molar-refractivity contribution in [2.24, 2.45) is 17.8 Å². The van der Waals surface area contributed by atoms with Crippen molar-refractivity contribution in [1.29, 1.82) is 0 Å². The topological polar surface area (TPSA) is 135 Å². The second kappa shape index (κ2) is 6.35. The van der Waals surface area contributed by atoms with Crippen LogP contribution in [0.25, 0.3) is 0 Å². The molecule has 1 heterocycles. The highest BCUT2D eigenvalue weighted by atomic mass is 32.2. The number of benzene rings is 1. The van der Waals surface area contributed by atoms with E-state index < -0.39 is 38.2 Å². The number of sulfone groups is 1. The number of carbonyl (C=O) groups excluding carboxylic acids is 1. The molecule has 26 heavy (non-hydrogen) atoms. The summed E-state index contributed by atoms with van der Waals surface area (Å²) in [4.78, 5) is 35.6. The van der Waals surface area contributed by atoms with Gasteiger partial charge in [0.1, 0.15) is 0 Å². The Kier molecular flexibility index (Phi) is 4.47. The van der Waals surface area contributed by atoms with Crippen molar-refractivity contribution in [2.75, 3.05) is 19.3 Å². The van der Waals surface area contributed by atoms with Crippen LogP contribution in [0.15, 0.2) is 23.1 Å². The van der Waals surface area contributed by atoms with Crippen molar-refractivity contribution in [3.63, 3.8) is 0 Å². The van der Waals surface area contributed by atoms with Crippen LogP contribution in [0, 0.1) is 27.9 Å². The predicted octanol–water partition coefficient (Wildman–Crippen LogP) is 1.18. The molecule has 0 aromatic heterocycles. The Balaban J connectivity index is 1.93. The first kappa shape index (κ1) is 18.3. The summed E-state index contributed by atoms with van der Waals surface area (Å²) in [5, 5.41) is 20.5. The third-order valence-electron chi connectivity index (χ3n) is 4.97. The first-order chi connectivity index (χ1) is 12.1. The van der Waals surface area contributed by atoms with Gasteiger partial charge >= 0.3 is 5.97 Å². The number of non-ortho nitro benzene ring substituents is 1. The summed E-state index contributed by atoms with van der Waals surface area (Å²) in [6.45, 7) is 0.281. The smallest absolute Gasteiger partial charge is 0.308 e. The Morgan fingerprint density at radius 1 is 1.23 bits per heavy atom. The largest absolute Gasteiger partial charge is 0.481 e. The van der Waals surface area contributed by atoms with E-state index in [-0.39, 0.29) is 35.4 Å². The molecule has 1 aromatic rings. The average Bonchev–Trinajstić information content (AvgIpc) is 3.31. The fraction of sp³-hybridized carbons (Fsp3) is 0.500. The molecule has 1 amide bonds. The third-order valence-corrected chi connectivity index (χ3v) is 6.07. The van der Waals surface area contributed by atoms with Crippen LogP contribution in [-0.4, -0.2) is 54.6 Å². The summed E-state index contributed by atoms with van der Waals surface area (Å²) in [7, 11) is -3.75. The SMILES string of the molecule is CS(=O)(=O)c1cc(C(=O)N2C[C@H](C(=O)O)[C@@H](C3CC3)C2)cc([N+](=O)[O-])c1. The molecule has 1 N–H and O–H groups in total. The van der Waals surface area contributed by atoms with Crippen LogP contribution in [0.4, 0.5) is 5.69 Å². The Bertz CT molecular complexity index is 892. The van der Waals surface area contributed by atoms with Crippen LogP contribution >= 0.6 is 0 Å². The van der Waals surface area contributed by atoms with Gasteiger partial charge in [0.25, 0.3) is 11.6 Å². The van der Waals surface area contributed by atoms with Crippen molar-refractivity contribution in [3.05, 3.63) is 33.9 Å². The number of nitro groups is 1. The van der Waals surface area contributed by atoms with Crippen LogP contribution < -0.4 is 0 Å². The third kappa shape index (κ3) is 3.55. The molecular formula is C16H18N2O7S. The molecular weight excluding hydrogens is 364 g/mol. The van der Waals surface area contributed by atoms with E-state index in [1.807, 2.05) is 0 Å². The van der Waals surface area contributed by atoms with Gasteiger partial charge in [-0.15, -0.1) is 0 Å². The van der Waals surface area contributed by atoms with Gasteiger partial charge in [-0.3, -0.25) is 19.7 Å². The summed E-state index contributed by atoms with van der Waals surface area (Å²) < 4.78 is 23.5. The number of carbonyl (C=O) groups is 2. The summed E-state index contributed by atoms with van der Waals surface area (Å²) >= 11 is 0. The lowest BCUT2D eigenvalue weighted by Gasteiger charge is -2.16. The van der Waals surface area contributed by atoms with E-state index in [2.05, 4.69) is 0 Å². The monoisotopic (exact) mass is 382 g/mol. The molecule has 2 fully saturated rings. The predicted molar refractivity (Wildman–Crippen MR) is 89.4 cm³/mol. The molecule has 1 aliphatic carbocycles.